The van der Waals surface area contributed by atoms with Crippen molar-refractivity contribution in [1.82, 2.24) is 19.5 Å². The highest BCUT2D eigenvalue weighted by Crippen LogP contribution is 2.15. The molecular formula is C21H28N4O3S. The number of benzene rings is 1. The molecule has 0 aliphatic carbocycles. The summed E-state index contributed by atoms with van der Waals surface area (Å²) in [7, 11) is -3.56. The number of amides is 1. The fourth-order valence-electron chi connectivity index (χ4n) is 3.23. The van der Waals surface area contributed by atoms with Crippen LogP contribution in [-0.2, 0) is 16.6 Å². The lowest BCUT2D eigenvalue weighted by atomic mass is 10.1. The van der Waals surface area contributed by atoms with Gasteiger partial charge in [0, 0.05) is 56.7 Å². The van der Waals surface area contributed by atoms with Gasteiger partial charge in [-0.2, -0.15) is 0 Å². The number of nitrogens with one attached hydrogen (secondary N) is 1. The molecule has 7 nitrogen and oxygen atoms in total. The van der Waals surface area contributed by atoms with E-state index in [2.05, 4.69) is 20.7 Å². The monoisotopic (exact) mass is 416 g/mol. The van der Waals surface area contributed by atoms with Gasteiger partial charge < -0.3 is 4.90 Å². The predicted molar refractivity (Wildman–Crippen MR) is 112 cm³/mol. The Kier molecular flexibility index (Phi) is 7.00. The van der Waals surface area contributed by atoms with Crippen LogP contribution in [0.1, 0.15) is 36.2 Å². The molecular weight excluding hydrogens is 388 g/mol. The third kappa shape index (κ3) is 5.62. The molecule has 0 spiro atoms. The highest BCUT2D eigenvalue weighted by Gasteiger charge is 2.23. The summed E-state index contributed by atoms with van der Waals surface area (Å²) in [5, 5.41) is 0. The molecule has 1 fully saturated rings. The first kappa shape index (κ1) is 21.4. The number of piperazine rings is 1. The van der Waals surface area contributed by atoms with Crippen LogP contribution in [-0.4, -0.2) is 61.3 Å². The normalized spacial score (nSPS) is 16.6. The van der Waals surface area contributed by atoms with Gasteiger partial charge >= 0.3 is 0 Å². The SMILES string of the molecule is CCC(C)NS(=O)(=O)c1ccc(C(=O)N2CCN(Cc3cccnc3)CC2)cc1. The maximum absolute atomic E-state index is 12.8. The summed E-state index contributed by atoms with van der Waals surface area (Å²) in [6.45, 7) is 7.46. The van der Waals surface area contributed by atoms with Crippen LogP contribution in [0.2, 0.25) is 0 Å². The van der Waals surface area contributed by atoms with Crippen LogP contribution in [0.3, 0.4) is 0 Å². The summed E-state index contributed by atoms with van der Waals surface area (Å²) in [5.74, 6) is -0.0649. The van der Waals surface area contributed by atoms with E-state index in [1.807, 2.05) is 31.0 Å². The van der Waals surface area contributed by atoms with E-state index in [9.17, 15) is 13.2 Å². The average Bonchev–Trinajstić information content (AvgIpc) is 2.74. The van der Waals surface area contributed by atoms with Crippen LogP contribution in [0.15, 0.2) is 53.7 Å². The predicted octanol–water partition coefficient (Wildman–Crippen LogP) is 2.12. The van der Waals surface area contributed by atoms with Crippen molar-refractivity contribution < 1.29 is 13.2 Å². The topological polar surface area (TPSA) is 82.6 Å². The van der Waals surface area contributed by atoms with Crippen molar-refractivity contribution in [3.05, 3.63) is 59.9 Å². The number of carbonyl (C=O) groups excluding carboxylic acids is 1. The Morgan fingerprint density at radius 3 is 2.41 bits per heavy atom. The molecule has 0 bridgehead atoms. The molecule has 1 N–H and O–H groups in total. The fourth-order valence-corrected chi connectivity index (χ4v) is 4.56. The highest BCUT2D eigenvalue weighted by atomic mass is 32.2. The van der Waals surface area contributed by atoms with Crippen LogP contribution >= 0.6 is 0 Å². The van der Waals surface area contributed by atoms with Crippen molar-refractivity contribution in [3.63, 3.8) is 0 Å². The Balaban J connectivity index is 1.57. The molecule has 0 radical (unpaired) electrons. The summed E-state index contributed by atoms with van der Waals surface area (Å²) in [4.78, 5) is 21.2. The summed E-state index contributed by atoms with van der Waals surface area (Å²) >= 11 is 0. The molecule has 1 aliphatic rings. The number of rotatable bonds is 7. The minimum Gasteiger partial charge on any atom is -0.336 e. The zero-order chi connectivity index (χ0) is 20.9. The van der Waals surface area contributed by atoms with E-state index < -0.39 is 10.0 Å². The summed E-state index contributed by atoms with van der Waals surface area (Å²) < 4.78 is 27.3. The van der Waals surface area contributed by atoms with E-state index in [0.717, 1.165) is 25.2 Å². The zero-order valence-electron chi connectivity index (χ0n) is 16.9. The molecule has 1 amide bonds. The number of carbonyl (C=O) groups is 1. The number of pyridine rings is 1. The van der Waals surface area contributed by atoms with Crippen molar-refractivity contribution in [2.45, 2.75) is 37.8 Å². The Morgan fingerprint density at radius 1 is 1.14 bits per heavy atom. The van der Waals surface area contributed by atoms with Crippen molar-refractivity contribution >= 4 is 15.9 Å². The van der Waals surface area contributed by atoms with Gasteiger partial charge in [-0.25, -0.2) is 13.1 Å². The molecule has 2 aromatic rings. The smallest absolute Gasteiger partial charge is 0.253 e. The summed E-state index contributed by atoms with van der Waals surface area (Å²) in [6.07, 6.45) is 4.34. The number of sulfonamides is 1. The third-order valence-electron chi connectivity index (χ3n) is 5.17. The van der Waals surface area contributed by atoms with Gasteiger partial charge in [-0.05, 0) is 49.2 Å². The van der Waals surface area contributed by atoms with E-state index in [-0.39, 0.29) is 16.8 Å². The molecule has 2 heterocycles. The largest absolute Gasteiger partial charge is 0.336 e. The number of hydrogen-bond donors (Lipinski definition) is 1. The second-order valence-corrected chi connectivity index (χ2v) is 9.10. The molecule has 3 rings (SSSR count). The molecule has 1 aromatic heterocycles. The minimum absolute atomic E-state index is 0.0649. The molecule has 1 saturated heterocycles. The van der Waals surface area contributed by atoms with Gasteiger partial charge in [0.05, 0.1) is 4.90 Å². The fraction of sp³-hybridized carbons (Fsp3) is 0.429. The van der Waals surface area contributed by atoms with Gasteiger partial charge in [-0.15, -0.1) is 0 Å². The third-order valence-corrected chi connectivity index (χ3v) is 6.77. The van der Waals surface area contributed by atoms with Crippen LogP contribution < -0.4 is 4.72 Å². The van der Waals surface area contributed by atoms with Crippen LogP contribution in [0, 0.1) is 0 Å². The summed E-state index contributed by atoms with van der Waals surface area (Å²) in [5.41, 5.74) is 1.67. The Labute approximate surface area is 172 Å². The molecule has 8 heteroatoms. The molecule has 156 valence electrons. The van der Waals surface area contributed by atoms with Gasteiger partial charge in [-0.3, -0.25) is 14.7 Å². The zero-order valence-corrected chi connectivity index (χ0v) is 17.7. The van der Waals surface area contributed by atoms with Gasteiger partial charge in [0.1, 0.15) is 0 Å². The Morgan fingerprint density at radius 2 is 1.83 bits per heavy atom. The van der Waals surface area contributed by atoms with Crippen molar-refractivity contribution in [2.75, 3.05) is 26.2 Å². The second kappa shape index (κ2) is 9.47. The maximum Gasteiger partial charge on any atom is 0.253 e. The second-order valence-electron chi connectivity index (χ2n) is 7.38. The Bertz CT molecular complexity index is 909. The Hall–Kier alpha value is -2.29. The molecule has 1 aromatic carbocycles. The first-order valence-electron chi connectivity index (χ1n) is 9.92. The van der Waals surface area contributed by atoms with Gasteiger partial charge in [0.25, 0.3) is 5.91 Å². The highest BCUT2D eigenvalue weighted by molar-refractivity contribution is 7.89. The van der Waals surface area contributed by atoms with E-state index in [4.69, 9.17) is 0 Å². The lowest BCUT2D eigenvalue weighted by Gasteiger charge is -2.34. The van der Waals surface area contributed by atoms with Gasteiger partial charge in [0.2, 0.25) is 10.0 Å². The van der Waals surface area contributed by atoms with E-state index >= 15 is 0 Å². The average molecular weight is 417 g/mol. The lowest BCUT2D eigenvalue weighted by molar-refractivity contribution is 0.0628. The molecule has 1 aliphatic heterocycles. The minimum atomic E-state index is -3.56. The molecule has 1 atom stereocenters. The van der Waals surface area contributed by atoms with E-state index in [1.54, 1.807) is 18.3 Å². The number of hydrogen-bond acceptors (Lipinski definition) is 5. The van der Waals surface area contributed by atoms with Crippen LogP contribution in [0.25, 0.3) is 0 Å². The number of nitrogens with zero attached hydrogens (tertiary/aromatic N) is 3. The molecule has 0 saturated carbocycles. The van der Waals surface area contributed by atoms with Gasteiger partial charge in [0.15, 0.2) is 0 Å². The molecule has 29 heavy (non-hydrogen) atoms. The van der Waals surface area contributed by atoms with Crippen molar-refractivity contribution in [3.8, 4) is 0 Å². The van der Waals surface area contributed by atoms with Crippen molar-refractivity contribution in [2.24, 2.45) is 0 Å². The maximum atomic E-state index is 12.8. The van der Waals surface area contributed by atoms with Crippen LogP contribution in [0.5, 0.6) is 0 Å². The molecule has 1 unspecified atom stereocenters. The van der Waals surface area contributed by atoms with Crippen LogP contribution in [0.4, 0.5) is 0 Å². The number of aromatic nitrogens is 1. The summed E-state index contributed by atoms with van der Waals surface area (Å²) in [6, 6.07) is 10.0. The lowest BCUT2D eigenvalue weighted by Crippen LogP contribution is -2.48. The first-order valence-corrected chi connectivity index (χ1v) is 11.4. The van der Waals surface area contributed by atoms with Crippen molar-refractivity contribution in [1.29, 1.82) is 0 Å². The van der Waals surface area contributed by atoms with Gasteiger partial charge in [-0.1, -0.05) is 13.0 Å². The quantitative estimate of drug-likeness (QED) is 0.748. The van der Waals surface area contributed by atoms with E-state index in [0.29, 0.717) is 25.1 Å². The van der Waals surface area contributed by atoms with E-state index in [1.165, 1.54) is 12.1 Å². The standard InChI is InChI=1S/C21H28N4O3S/c1-3-17(2)23-29(27,28)20-8-6-19(7-9-20)21(26)25-13-11-24(12-14-25)16-18-5-4-10-22-15-18/h4-10,15,17,23H,3,11-14,16H2,1-2H3. The first-order chi connectivity index (χ1) is 13.9.